The number of benzene rings is 2. The molecule has 0 unspecified atom stereocenters. The van der Waals surface area contributed by atoms with Gasteiger partial charge in [-0.05, 0) is 37.3 Å². The van der Waals surface area contributed by atoms with Crippen molar-refractivity contribution in [1.29, 1.82) is 0 Å². The Labute approximate surface area is 170 Å². The second-order valence-electron chi connectivity index (χ2n) is 5.67. The van der Waals surface area contributed by atoms with E-state index >= 15 is 0 Å². The number of anilines is 2. The molecular formula is C19H19BrF2N4O2. The average molecular weight is 453 g/mol. The fourth-order valence-corrected chi connectivity index (χ4v) is 2.96. The molecule has 0 fully saturated rings. The van der Waals surface area contributed by atoms with Gasteiger partial charge in [0.05, 0.1) is 12.8 Å². The molecule has 28 heavy (non-hydrogen) atoms. The zero-order valence-corrected chi connectivity index (χ0v) is 17.1. The Balaban J connectivity index is 2.29. The fourth-order valence-electron chi connectivity index (χ4n) is 2.49. The highest BCUT2D eigenvalue weighted by atomic mass is 79.9. The van der Waals surface area contributed by atoms with Gasteiger partial charge in [0.1, 0.15) is 5.75 Å². The van der Waals surface area contributed by atoms with Crippen LogP contribution in [0.1, 0.15) is 12.5 Å². The first-order valence-electron chi connectivity index (χ1n) is 8.05. The van der Waals surface area contributed by atoms with Crippen molar-refractivity contribution in [1.82, 2.24) is 5.01 Å². The van der Waals surface area contributed by atoms with E-state index in [-0.39, 0.29) is 5.69 Å². The van der Waals surface area contributed by atoms with E-state index in [1.165, 1.54) is 13.2 Å². The lowest BCUT2D eigenvalue weighted by Crippen LogP contribution is -2.20. The molecule has 0 bridgehead atoms. The summed E-state index contributed by atoms with van der Waals surface area (Å²) in [4.78, 5) is 12.2. The van der Waals surface area contributed by atoms with Crippen molar-refractivity contribution in [2.45, 2.75) is 6.92 Å². The first-order valence-corrected chi connectivity index (χ1v) is 8.84. The Morgan fingerprint density at radius 3 is 2.29 bits per heavy atom. The number of ether oxygens (including phenoxy) is 1. The summed E-state index contributed by atoms with van der Waals surface area (Å²) in [5.41, 5.74) is 1.94. The van der Waals surface area contributed by atoms with Gasteiger partial charge in [-0.3, -0.25) is 5.01 Å². The molecule has 0 atom stereocenters. The Morgan fingerprint density at radius 2 is 1.75 bits per heavy atom. The van der Waals surface area contributed by atoms with E-state index in [9.17, 15) is 13.6 Å². The van der Waals surface area contributed by atoms with Crippen LogP contribution in [0.2, 0.25) is 0 Å². The monoisotopic (exact) mass is 452 g/mol. The summed E-state index contributed by atoms with van der Waals surface area (Å²) in [6.45, 7) is 5.36. The summed E-state index contributed by atoms with van der Waals surface area (Å²) < 4.78 is 32.5. The highest BCUT2D eigenvalue weighted by Gasteiger charge is 2.16. The molecule has 2 aromatic carbocycles. The molecule has 148 valence electrons. The predicted octanol–water partition coefficient (Wildman–Crippen LogP) is 5.25. The molecule has 2 rings (SSSR count). The molecule has 9 heteroatoms. The van der Waals surface area contributed by atoms with E-state index in [4.69, 9.17) is 4.74 Å². The Hall–Kier alpha value is -2.94. The van der Waals surface area contributed by atoms with Crippen molar-refractivity contribution in [2.75, 3.05) is 24.8 Å². The van der Waals surface area contributed by atoms with Crippen LogP contribution in [-0.4, -0.2) is 31.9 Å². The van der Waals surface area contributed by atoms with Gasteiger partial charge in [0.2, 0.25) is 0 Å². The maximum atomic E-state index is 13.3. The number of hydrazone groups is 1. The second-order valence-corrected chi connectivity index (χ2v) is 6.86. The minimum Gasteiger partial charge on any atom is -0.496 e. The van der Waals surface area contributed by atoms with Crippen LogP contribution in [-0.2, 0) is 0 Å². The van der Waals surface area contributed by atoms with E-state index in [2.05, 4.69) is 38.4 Å². The van der Waals surface area contributed by atoms with Gasteiger partial charge in [-0.25, -0.2) is 13.6 Å². The van der Waals surface area contributed by atoms with Crippen LogP contribution in [0, 0.1) is 11.6 Å². The van der Waals surface area contributed by atoms with Gasteiger partial charge in [0.15, 0.2) is 11.6 Å². The molecule has 0 aliphatic carbocycles. The van der Waals surface area contributed by atoms with Crippen LogP contribution in [0.4, 0.5) is 25.0 Å². The molecule has 0 heterocycles. The summed E-state index contributed by atoms with van der Waals surface area (Å²) in [5.74, 6) is -1.47. The number of rotatable bonds is 6. The Bertz CT molecular complexity index is 930. The van der Waals surface area contributed by atoms with E-state index in [0.717, 1.165) is 16.6 Å². The molecule has 0 aromatic heterocycles. The van der Waals surface area contributed by atoms with Crippen LogP contribution >= 0.6 is 15.9 Å². The van der Waals surface area contributed by atoms with E-state index in [1.54, 1.807) is 30.3 Å². The standard InChI is InChI=1S/C19H19BrF2N4O2/c1-11(20)18(26(3)23-2)14-9-12(6-8-17(14)28-4)24-19(27)25-13-5-7-15(21)16(22)10-13/h5-10H,2H2,1,3-4H3,(H2,24,25,27)/b18-11+. The lowest BCUT2D eigenvalue weighted by Gasteiger charge is -2.21. The third-order valence-electron chi connectivity index (χ3n) is 3.75. The van der Waals surface area contributed by atoms with Gasteiger partial charge in [-0.2, -0.15) is 5.10 Å². The largest absolute Gasteiger partial charge is 0.496 e. The normalized spacial score (nSPS) is 11.4. The fraction of sp³-hybridized carbons (Fsp3) is 0.158. The molecule has 0 saturated heterocycles. The van der Waals surface area contributed by atoms with Crippen LogP contribution in [0.15, 0.2) is 46.0 Å². The number of halogens is 3. The van der Waals surface area contributed by atoms with Crippen LogP contribution in [0.3, 0.4) is 0 Å². The third kappa shape index (κ3) is 5.07. The van der Waals surface area contributed by atoms with Crippen molar-refractivity contribution >= 4 is 45.8 Å². The number of hydrogen-bond acceptors (Lipinski definition) is 4. The lowest BCUT2D eigenvalue weighted by molar-refractivity contribution is 0.262. The summed E-state index contributed by atoms with van der Waals surface area (Å²) in [6.07, 6.45) is 0. The second kappa shape index (κ2) is 9.32. The maximum Gasteiger partial charge on any atom is 0.323 e. The highest BCUT2D eigenvalue weighted by Crippen LogP contribution is 2.34. The maximum absolute atomic E-state index is 13.3. The number of amides is 2. The first-order chi connectivity index (χ1) is 13.3. The van der Waals surface area contributed by atoms with Crippen molar-refractivity contribution in [3.8, 4) is 5.75 Å². The van der Waals surface area contributed by atoms with Crippen LogP contribution in [0.25, 0.3) is 5.70 Å². The van der Waals surface area contributed by atoms with Crippen LogP contribution in [0.5, 0.6) is 5.75 Å². The molecule has 2 N–H and O–H groups in total. The number of nitrogens with zero attached hydrogens (tertiary/aromatic N) is 2. The predicted molar refractivity (Wildman–Crippen MR) is 111 cm³/mol. The zero-order valence-electron chi connectivity index (χ0n) is 15.5. The minimum atomic E-state index is -1.05. The van der Waals surface area contributed by atoms with Gasteiger partial charge in [-0.15, -0.1) is 0 Å². The van der Waals surface area contributed by atoms with E-state index in [1.807, 2.05) is 6.92 Å². The van der Waals surface area contributed by atoms with Gasteiger partial charge in [0, 0.05) is 41.3 Å². The topological polar surface area (TPSA) is 66.0 Å². The quantitative estimate of drug-likeness (QED) is 0.464. The SMILES string of the molecule is C=NN(C)/C(=C(\C)Br)c1cc(NC(=O)Nc2ccc(F)c(F)c2)ccc1OC. The van der Waals surface area contributed by atoms with E-state index in [0.29, 0.717) is 22.7 Å². The lowest BCUT2D eigenvalue weighted by atomic mass is 10.1. The molecule has 0 spiro atoms. The van der Waals surface area contributed by atoms with Gasteiger partial charge >= 0.3 is 6.03 Å². The number of nitrogens with one attached hydrogen (secondary N) is 2. The number of urea groups is 1. The van der Waals surface area contributed by atoms with Gasteiger partial charge in [0.25, 0.3) is 0 Å². The zero-order chi connectivity index (χ0) is 20.8. The van der Waals surface area contributed by atoms with Crippen molar-refractivity contribution in [2.24, 2.45) is 5.10 Å². The van der Waals surface area contributed by atoms with Gasteiger partial charge in [-0.1, -0.05) is 15.9 Å². The Morgan fingerprint density at radius 1 is 1.14 bits per heavy atom. The van der Waals surface area contributed by atoms with E-state index < -0.39 is 17.7 Å². The number of carbonyl (C=O) groups excluding carboxylic acids is 1. The number of hydrogen-bond donors (Lipinski definition) is 2. The van der Waals surface area contributed by atoms with Crippen molar-refractivity contribution in [3.05, 3.63) is 58.1 Å². The average Bonchev–Trinajstić information content (AvgIpc) is 2.64. The summed E-state index contributed by atoms with van der Waals surface area (Å²) >= 11 is 3.44. The molecule has 0 aliphatic rings. The summed E-state index contributed by atoms with van der Waals surface area (Å²) in [6, 6.07) is 7.52. The molecular weight excluding hydrogens is 434 g/mol. The summed E-state index contributed by atoms with van der Waals surface area (Å²) in [5, 5.41) is 10.5. The number of carbonyl (C=O) groups is 1. The smallest absolute Gasteiger partial charge is 0.323 e. The molecule has 0 aliphatic heterocycles. The molecule has 6 nitrogen and oxygen atoms in total. The third-order valence-corrected chi connectivity index (χ3v) is 4.13. The van der Waals surface area contributed by atoms with Crippen LogP contribution < -0.4 is 15.4 Å². The molecule has 0 saturated carbocycles. The first kappa shape index (κ1) is 21.4. The number of methoxy groups -OCH3 is 1. The number of allylic oxidation sites excluding steroid dienone is 1. The van der Waals surface area contributed by atoms with Crippen molar-refractivity contribution in [3.63, 3.8) is 0 Å². The minimum absolute atomic E-state index is 0.123. The molecule has 0 radical (unpaired) electrons. The molecule has 2 aromatic rings. The summed E-state index contributed by atoms with van der Waals surface area (Å²) in [7, 11) is 3.26. The van der Waals surface area contributed by atoms with Crippen molar-refractivity contribution < 1.29 is 18.3 Å². The molecule has 2 amide bonds. The Kier molecular flexibility index (Phi) is 7.11. The highest BCUT2D eigenvalue weighted by molar-refractivity contribution is 9.11. The van der Waals surface area contributed by atoms with Gasteiger partial charge < -0.3 is 15.4 Å².